The summed E-state index contributed by atoms with van der Waals surface area (Å²) in [4.78, 5) is 12.1. The van der Waals surface area contributed by atoms with Gasteiger partial charge < -0.3 is 20.0 Å². The van der Waals surface area contributed by atoms with Crippen LogP contribution in [-0.2, 0) is 13.0 Å². The summed E-state index contributed by atoms with van der Waals surface area (Å²) in [6, 6.07) is 18.3. The summed E-state index contributed by atoms with van der Waals surface area (Å²) < 4.78 is 5.58. The first-order chi connectivity index (χ1) is 14.3. The Kier molecular flexibility index (Phi) is 5.90. The summed E-state index contributed by atoms with van der Waals surface area (Å²) in [5.74, 6) is 1.39. The minimum Gasteiger partial charge on any atom is -0.444 e. The second-order valence-electron chi connectivity index (χ2n) is 6.83. The molecule has 6 nitrogen and oxygen atoms in total. The maximum atomic E-state index is 5.58. The summed E-state index contributed by atoms with van der Waals surface area (Å²) in [6.07, 6.45) is 5.81. The third-order valence-electron chi connectivity index (χ3n) is 4.82. The van der Waals surface area contributed by atoms with Crippen molar-refractivity contribution >= 4 is 16.9 Å². The Morgan fingerprint density at radius 2 is 1.90 bits per heavy atom. The molecule has 4 aromatic rings. The van der Waals surface area contributed by atoms with Crippen molar-refractivity contribution in [2.24, 2.45) is 4.99 Å². The number of aromatic amines is 1. The number of rotatable bonds is 7. The van der Waals surface area contributed by atoms with Crippen LogP contribution in [-0.4, -0.2) is 29.5 Å². The molecule has 0 aliphatic heterocycles. The van der Waals surface area contributed by atoms with Crippen molar-refractivity contribution in [3.8, 4) is 11.5 Å². The Bertz CT molecular complexity index is 1080. The van der Waals surface area contributed by atoms with Crippen molar-refractivity contribution in [3.63, 3.8) is 0 Å². The Labute approximate surface area is 170 Å². The monoisotopic (exact) mass is 387 g/mol. The fourth-order valence-electron chi connectivity index (χ4n) is 3.32. The molecule has 0 bridgehead atoms. The van der Waals surface area contributed by atoms with Gasteiger partial charge in [-0.3, -0.25) is 4.99 Å². The highest BCUT2D eigenvalue weighted by molar-refractivity contribution is 5.83. The first kappa shape index (κ1) is 18.8. The number of oxazole rings is 1. The molecule has 0 saturated heterocycles. The molecule has 0 amide bonds. The van der Waals surface area contributed by atoms with Crippen molar-refractivity contribution in [2.45, 2.75) is 19.4 Å². The minimum absolute atomic E-state index is 0.554. The number of nitrogens with one attached hydrogen (secondary N) is 3. The van der Waals surface area contributed by atoms with E-state index < -0.39 is 0 Å². The highest BCUT2D eigenvalue weighted by Crippen LogP contribution is 2.19. The fraction of sp³-hybridized carbons (Fsp3) is 0.217. The normalized spacial score (nSPS) is 11.7. The third kappa shape index (κ3) is 4.66. The third-order valence-corrected chi connectivity index (χ3v) is 4.82. The Morgan fingerprint density at radius 3 is 2.76 bits per heavy atom. The largest absolute Gasteiger partial charge is 0.444 e. The number of hydrogen-bond donors (Lipinski definition) is 3. The lowest BCUT2D eigenvalue weighted by molar-refractivity contribution is 0.572. The van der Waals surface area contributed by atoms with E-state index in [0.29, 0.717) is 12.4 Å². The van der Waals surface area contributed by atoms with E-state index in [1.165, 1.54) is 16.5 Å². The maximum Gasteiger partial charge on any atom is 0.226 e. The molecule has 29 heavy (non-hydrogen) atoms. The SMILES string of the molecule is CN=C(NCCCc1c[nH]c2ccccc12)NCc1coc(-c2ccccc2)n1. The summed E-state index contributed by atoms with van der Waals surface area (Å²) in [7, 11) is 1.77. The van der Waals surface area contributed by atoms with Gasteiger partial charge in [0.2, 0.25) is 5.89 Å². The van der Waals surface area contributed by atoms with Gasteiger partial charge in [0.05, 0.1) is 12.2 Å². The maximum absolute atomic E-state index is 5.58. The van der Waals surface area contributed by atoms with Crippen molar-refractivity contribution in [1.29, 1.82) is 0 Å². The number of hydrogen-bond acceptors (Lipinski definition) is 3. The van der Waals surface area contributed by atoms with Gasteiger partial charge in [0.25, 0.3) is 0 Å². The minimum atomic E-state index is 0.554. The predicted octanol–water partition coefficient (Wildman–Crippen LogP) is 4.12. The summed E-state index contributed by atoms with van der Waals surface area (Å²) in [5, 5.41) is 7.94. The van der Waals surface area contributed by atoms with E-state index >= 15 is 0 Å². The van der Waals surface area contributed by atoms with Crippen LogP contribution in [0.3, 0.4) is 0 Å². The zero-order valence-electron chi connectivity index (χ0n) is 16.5. The Morgan fingerprint density at radius 1 is 1.07 bits per heavy atom. The predicted molar refractivity (Wildman–Crippen MR) is 117 cm³/mol. The van der Waals surface area contributed by atoms with Gasteiger partial charge in [-0.1, -0.05) is 36.4 Å². The van der Waals surface area contributed by atoms with Crippen LogP contribution >= 0.6 is 0 Å². The smallest absolute Gasteiger partial charge is 0.226 e. The second-order valence-corrected chi connectivity index (χ2v) is 6.83. The van der Waals surface area contributed by atoms with Crippen LogP contribution in [0.15, 0.2) is 76.5 Å². The lowest BCUT2D eigenvalue weighted by Crippen LogP contribution is -2.37. The number of H-pyrrole nitrogens is 1. The topological polar surface area (TPSA) is 78.2 Å². The van der Waals surface area contributed by atoms with E-state index in [1.807, 2.05) is 30.3 Å². The Balaban J connectivity index is 1.23. The first-order valence-electron chi connectivity index (χ1n) is 9.83. The van der Waals surface area contributed by atoms with E-state index in [1.54, 1.807) is 13.3 Å². The van der Waals surface area contributed by atoms with Crippen molar-refractivity contribution < 1.29 is 4.42 Å². The van der Waals surface area contributed by atoms with Crippen LogP contribution in [0.2, 0.25) is 0 Å². The average Bonchev–Trinajstić information content (AvgIpc) is 3.41. The highest BCUT2D eigenvalue weighted by Gasteiger charge is 2.07. The molecule has 2 aromatic carbocycles. The van der Waals surface area contributed by atoms with Crippen molar-refractivity contribution in [1.82, 2.24) is 20.6 Å². The van der Waals surface area contributed by atoms with Gasteiger partial charge >= 0.3 is 0 Å². The molecule has 0 atom stereocenters. The van der Waals surface area contributed by atoms with Gasteiger partial charge in [-0.25, -0.2) is 4.98 Å². The molecule has 0 radical (unpaired) electrons. The van der Waals surface area contributed by atoms with E-state index in [9.17, 15) is 0 Å². The molecule has 0 saturated carbocycles. The zero-order valence-corrected chi connectivity index (χ0v) is 16.5. The van der Waals surface area contributed by atoms with Crippen LogP contribution < -0.4 is 10.6 Å². The molecular weight excluding hydrogens is 362 g/mol. The van der Waals surface area contributed by atoms with Crippen LogP contribution in [0.1, 0.15) is 17.7 Å². The van der Waals surface area contributed by atoms with Crippen molar-refractivity contribution in [2.75, 3.05) is 13.6 Å². The summed E-state index contributed by atoms with van der Waals surface area (Å²) in [5.41, 5.74) is 4.35. The number of nitrogens with zero attached hydrogens (tertiary/aromatic N) is 2. The van der Waals surface area contributed by atoms with Crippen LogP contribution in [0.4, 0.5) is 0 Å². The number of para-hydroxylation sites is 1. The standard InChI is InChI=1S/C23H25N5O/c1-24-23(25-13-7-10-18-14-26-21-12-6-5-11-20(18)21)27-15-19-16-29-22(28-19)17-8-3-2-4-9-17/h2-6,8-9,11-12,14,16,26H,7,10,13,15H2,1H3,(H2,24,25,27). The van der Waals surface area contributed by atoms with Gasteiger partial charge in [0.1, 0.15) is 6.26 Å². The molecule has 6 heteroatoms. The van der Waals surface area contributed by atoms with Crippen LogP contribution in [0.5, 0.6) is 0 Å². The van der Waals surface area contributed by atoms with Crippen LogP contribution in [0, 0.1) is 0 Å². The van der Waals surface area contributed by atoms with E-state index in [2.05, 4.69) is 56.1 Å². The Hall–Kier alpha value is -3.54. The fourth-order valence-corrected chi connectivity index (χ4v) is 3.32. The van der Waals surface area contributed by atoms with Crippen LogP contribution in [0.25, 0.3) is 22.4 Å². The second kappa shape index (κ2) is 9.10. The molecule has 0 spiro atoms. The molecule has 3 N–H and O–H groups in total. The molecule has 148 valence electrons. The van der Waals surface area contributed by atoms with Crippen molar-refractivity contribution in [3.05, 3.63) is 78.3 Å². The number of aryl methyl sites for hydroxylation is 1. The number of guanidine groups is 1. The average molecular weight is 387 g/mol. The summed E-state index contributed by atoms with van der Waals surface area (Å²) in [6.45, 7) is 1.39. The molecule has 0 aliphatic rings. The summed E-state index contributed by atoms with van der Waals surface area (Å²) >= 11 is 0. The molecule has 0 aliphatic carbocycles. The quantitative estimate of drug-likeness (QED) is 0.253. The molecule has 2 aromatic heterocycles. The lowest BCUT2D eigenvalue weighted by Gasteiger charge is -2.10. The zero-order chi connectivity index (χ0) is 19.9. The molecule has 0 fully saturated rings. The first-order valence-corrected chi connectivity index (χ1v) is 9.83. The molecule has 4 rings (SSSR count). The van der Waals surface area contributed by atoms with E-state index in [0.717, 1.165) is 36.6 Å². The molecular formula is C23H25N5O. The van der Waals surface area contributed by atoms with Gasteiger partial charge in [-0.2, -0.15) is 0 Å². The number of aliphatic imine (C=N–C) groups is 1. The number of aromatic nitrogens is 2. The van der Waals surface area contributed by atoms with Gasteiger partial charge in [0, 0.05) is 36.3 Å². The van der Waals surface area contributed by atoms with Gasteiger partial charge in [-0.05, 0) is 36.6 Å². The number of benzene rings is 2. The van der Waals surface area contributed by atoms with E-state index in [4.69, 9.17) is 4.42 Å². The van der Waals surface area contributed by atoms with Gasteiger partial charge in [0.15, 0.2) is 5.96 Å². The lowest BCUT2D eigenvalue weighted by atomic mass is 10.1. The molecule has 0 unspecified atom stereocenters. The molecule has 2 heterocycles. The van der Waals surface area contributed by atoms with Gasteiger partial charge in [-0.15, -0.1) is 0 Å². The number of fused-ring (bicyclic) bond motifs is 1. The van der Waals surface area contributed by atoms with E-state index in [-0.39, 0.29) is 0 Å². The highest BCUT2D eigenvalue weighted by atomic mass is 16.3.